The van der Waals surface area contributed by atoms with Crippen molar-refractivity contribution >= 4 is 11.9 Å². The zero-order valence-electron chi connectivity index (χ0n) is 11.9. The highest BCUT2D eigenvalue weighted by atomic mass is 16.5. The van der Waals surface area contributed by atoms with E-state index in [-0.39, 0.29) is 17.5 Å². The molecule has 0 heterocycles. The standard InChI is InChI=1S/C14H20N2O4/c1-10(13(17)16(2)3)15-7-8-20-12-6-4-5-11(9-12)14(18)19/h4-6,9-10,15H,7-8H2,1-3H3,(H,18,19). The number of hydrogen-bond acceptors (Lipinski definition) is 4. The highest BCUT2D eigenvalue weighted by Gasteiger charge is 2.13. The lowest BCUT2D eigenvalue weighted by Gasteiger charge is -2.18. The summed E-state index contributed by atoms with van der Waals surface area (Å²) in [5.74, 6) is -0.491. The first-order valence-electron chi connectivity index (χ1n) is 6.32. The Morgan fingerprint density at radius 2 is 2.10 bits per heavy atom. The van der Waals surface area contributed by atoms with E-state index in [1.807, 2.05) is 0 Å². The molecule has 110 valence electrons. The van der Waals surface area contributed by atoms with Gasteiger partial charge in [-0.25, -0.2) is 4.79 Å². The average Bonchev–Trinajstić information content (AvgIpc) is 2.42. The van der Waals surface area contributed by atoms with Crippen molar-refractivity contribution in [3.8, 4) is 5.75 Å². The van der Waals surface area contributed by atoms with Crippen molar-refractivity contribution in [1.29, 1.82) is 0 Å². The zero-order chi connectivity index (χ0) is 15.1. The normalized spacial score (nSPS) is 11.8. The second-order valence-corrected chi connectivity index (χ2v) is 4.59. The van der Waals surface area contributed by atoms with Gasteiger partial charge in [-0.2, -0.15) is 0 Å². The third-order valence-electron chi connectivity index (χ3n) is 2.71. The van der Waals surface area contributed by atoms with Crippen LogP contribution in [0.5, 0.6) is 5.75 Å². The van der Waals surface area contributed by atoms with E-state index in [1.165, 1.54) is 17.0 Å². The first-order chi connectivity index (χ1) is 9.41. The second kappa shape index (κ2) is 7.49. The number of nitrogens with one attached hydrogen (secondary N) is 1. The minimum Gasteiger partial charge on any atom is -0.492 e. The number of aromatic carboxylic acids is 1. The Bertz CT molecular complexity index is 474. The molecule has 0 aliphatic rings. The van der Waals surface area contributed by atoms with Crippen molar-refractivity contribution in [3.05, 3.63) is 29.8 Å². The van der Waals surface area contributed by atoms with Gasteiger partial charge >= 0.3 is 5.97 Å². The first-order valence-corrected chi connectivity index (χ1v) is 6.32. The molecule has 6 nitrogen and oxygen atoms in total. The SMILES string of the molecule is CC(NCCOc1cccc(C(=O)O)c1)C(=O)N(C)C. The van der Waals surface area contributed by atoms with E-state index in [0.717, 1.165) is 0 Å². The number of carboxylic acids is 1. The van der Waals surface area contributed by atoms with Crippen LogP contribution in [-0.2, 0) is 4.79 Å². The average molecular weight is 280 g/mol. The van der Waals surface area contributed by atoms with Crippen LogP contribution in [0.2, 0.25) is 0 Å². The van der Waals surface area contributed by atoms with Gasteiger partial charge in [0.25, 0.3) is 0 Å². The quantitative estimate of drug-likeness (QED) is 0.723. The number of benzene rings is 1. The predicted molar refractivity (Wildman–Crippen MR) is 75.1 cm³/mol. The molecule has 0 bridgehead atoms. The van der Waals surface area contributed by atoms with Crippen LogP contribution in [0.3, 0.4) is 0 Å². The van der Waals surface area contributed by atoms with Gasteiger partial charge in [0.2, 0.25) is 5.91 Å². The fourth-order valence-corrected chi connectivity index (χ4v) is 1.64. The van der Waals surface area contributed by atoms with E-state index < -0.39 is 5.97 Å². The summed E-state index contributed by atoms with van der Waals surface area (Å²) in [5, 5.41) is 11.9. The van der Waals surface area contributed by atoms with Crippen molar-refractivity contribution in [2.75, 3.05) is 27.2 Å². The third kappa shape index (κ3) is 4.89. The van der Waals surface area contributed by atoms with E-state index in [1.54, 1.807) is 33.2 Å². The van der Waals surface area contributed by atoms with Crippen molar-refractivity contribution in [1.82, 2.24) is 10.2 Å². The number of carbonyl (C=O) groups is 2. The van der Waals surface area contributed by atoms with Crippen LogP contribution in [-0.4, -0.2) is 55.2 Å². The predicted octanol–water partition coefficient (Wildman–Crippen LogP) is 0.830. The van der Waals surface area contributed by atoms with Gasteiger partial charge in [0.05, 0.1) is 11.6 Å². The first kappa shape index (κ1) is 16.0. The fourth-order valence-electron chi connectivity index (χ4n) is 1.64. The molecule has 0 aliphatic heterocycles. The molecule has 6 heteroatoms. The Balaban J connectivity index is 2.36. The molecular weight excluding hydrogens is 260 g/mol. The number of rotatable bonds is 7. The summed E-state index contributed by atoms with van der Waals surface area (Å²) in [7, 11) is 3.41. The Morgan fingerprint density at radius 3 is 2.70 bits per heavy atom. The fraction of sp³-hybridized carbons (Fsp3) is 0.429. The van der Waals surface area contributed by atoms with Crippen LogP contribution < -0.4 is 10.1 Å². The summed E-state index contributed by atoms with van der Waals surface area (Å²) in [4.78, 5) is 23.9. The largest absolute Gasteiger partial charge is 0.492 e. The third-order valence-corrected chi connectivity index (χ3v) is 2.71. The van der Waals surface area contributed by atoms with Crippen LogP contribution in [0.4, 0.5) is 0 Å². The molecule has 1 unspecified atom stereocenters. The van der Waals surface area contributed by atoms with Crippen molar-refractivity contribution in [3.63, 3.8) is 0 Å². The number of ether oxygens (including phenoxy) is 1. The molecule has 0 fully saturated rings. The summed E-state index contributed by atoms with van der Waals surface area (Å²) in [6.07, 6.45) is 0. The zero-order valence-corrected chi connectivity index (χ0v) is 11.9. The van der Waals surface area contributed by atoms with Gasteiger partial charge in [-0.15, -0.1) is 0 Å². The molecule has 0 saturated heterocycles. The number of carboxylic acid groups (broad SMARTS) is 1. The van der Waals surface area contributed by atoms with Crippen LogP contribution in [0.1, 0.15) is 17.3 Å². The van der Waals surface area contributed by atoms with Gasteiger partial charge in [0, 0.05) is 20.6 Å². The van der Waals surface area contributed by atoms with E-state index in [2.05, 4.69) is 5.32 Å². The maximum Gasteiger partial charge on any atom is 0.335 e. The van der Waals surface area contributed by atoms with E-state index in [4.69, 9.17) is 9.84 Å². The summed E-state index contributed by atoms with van der Waals surface area (Å²) in [5.41, 5.74) is 0.187. The van der Waals surface area contributed by atoms with Crippen molar-refractivity contribution in [2.24, 2.45) is 0 Å². The van der Waals surface area contributed by atoms with Gasteiger partial charge in [-0.1, -0.05) is 6.07 Å². The summed E-state index contributed by atoms with van der Waals surface area (Å²) >= 11 is 0. The van der Waals surface area contributed by atoms with E-state index in [0.29, 0.717) is 18.9 Å². The van der Waals surface area contributed by atoms with Crippen molar-refractivity contribution < 1.29 is 19.4 Å². The summed E-state index contributed by atoms with van der Waals surface area (Å²) < 4.78 is 5.44. The molecule has 1 aromatic rings. The minimum absolute atomic E-state index is 0.00197. The molecule has 0 aromatic heterocycles. The molecule has 0 saturated carbocycles. The number of likely N-dealkylation sites (N-methyl/N-ethyl adjacent to an activating group) is 1. The molecule has 20 heavy (non-hydrogen) atoms. The molecule has 0 radical (unpaired) electrons. The second-order valence-electron chi connectivity index (χ2n) is 4.59. The van der Waals surface area contributed by atoms with Crippen LogP contribution >= 0.6 is 0 Å². The van der Waals surface area contributed by atoms with Gasteiger partial charge in [-0.05, 0) is 25.1 Å². The summed E-state index contributed by atoms with van der Waals surface area (Å²) in [6, 6.07) is 6.02. The molecule has 1 amide bonds. The lowest BCUT2D eigenvalue weighted by atomic mass is 10.2. The Hall–Kier alpha value is -2.08. The maximum absolute atomic E-state index is 11.6. The molecule has 0 aliphatic carbocycles. The lowest BCUT2D eigenvalue weighted by molar-refractivity contribution is -0.130. The molecule has 1 atom stereocenters. The van der Waals surface area contributed by atoms with E-state index in [9.17, 15) is 9.59 Å². The van der Waals surface area contributed by atoms with Crippen LogP contribution in [0.15, 0.2) is 24.3 Å². The van der Waals surface area contributed by atoms with Crippen LogP contribution in [0.25, 0.3) is 0 Å². The summed E-state index contributed by atoms with van der Waals surface area (Å²) in [6.45, 7) is 2.64. The number of hydrogen-bond donors (Lipinski definition) is 2. The number of amides is 1. The maximum atomic E-state index is 11.6. The van der Waals surface area contributed by atoms with E-state index >= 15 is 0 Å². The molecule has 2 N–H and O–H groups in total. The van der Waals surface area contributed by atoms with Gasteiger partial charge in [-0.3, -0.25) is 4.79 Å². The van der Waals surface area contributed by atoms with Gasteiger partial charge < -0.3 is 20.1 Å². The monoisotopic (exact) mass is 280 g/mol. The number of nitrogens with zero attached hydrogens (tertiary/aromatic N) is 1. The topological polar surface area (TPSA) is 78.9 Å². The lowest BCUT2D eigenvalue weighted by Crippen LogP contribution is -2.42. The molecule has 0 spiro atoms. The Morgan fingerprint density at radius 1 is 1.40 bits per heavy atom. The Labute approximate surface area is 118 Å². The highest BCUT2D eigenvalue weighted by molar-refractivity contribution is 5.88. The molecular formula is C14H20N2O4. The minimum atomic E-state index is -0.987. The van der Waals surface area contributed by atoms with Gasteiger partial charge in [0.1, 0.15) is 12.4 Å². The van der Waals surface area contributed by atoms with Crippen LogP contribution in [0, 0.1) is 0 Å². The molecule has 1 rings (SSSR count). The molecule has 1 aromatic carbocycles. The highest BCUT2D eigenvalue weighted by Crippen LogP contribution is 2.12. The van der Waals surface area contributed by atoms with Crippen molar-refractivity contribution in [2.45, 2.75) is 13.0 Å². The smallest absolute Gasteiger partial charge is 0.335 e. The Kier molecular flexibility index (Phi) is 5.99. The number of carbonyl (C=O) groups excluding carboxylic acids is 1. The van der Waals surface area contributed by atoms with Gasteiger partial charge in [0.15, 0.2) is 0 Å².